The van der Waals surface area contributed by atoms with E-state index in [9.17, 15) is 9.59 Å². The number of benzene rings is 1. The molecule has 0 saturated heterocycles. The molecule has 3 rings (SSSR count). The summed E-state index contributed by atoms with van der Waals surface area (Å²) < 4.78 is 9.74. The number of fused-ring (bicyclic) bond motifs is 3. The molecule has 0 spiro atoms. The number of carbonyl (C=O) groups excluding carboxylic acids is 2. The standard InChI is InChI=1S/C15H12N2O4/c1-8(18)21-12-7-10-9-5-3-4-6-11(9)16-13(10)14(17-12)15(19)20-2/h3-7,16H,1-2H3. The maximum Gasteiger partial charge on any atom is 0.359 e. The Bertz CT molecular complexity index is 867. The van der Waals surface area contributed by atoms with Crippen LogP contribution in [0.5, 0.6) is 5.88 Å². The normalized spacial score (nSPS) is 10.8. The molecule has 1 aromatic carbocycles. The van der Waals surface area contributed by atoms with Crippen LogP contribution in [0, 0.1) is 0 Å². The minimum Gasteiger partial charge on any atom is -0.464 e. The first-order chi connectivity index (χ1) is 10.1. The second-order valence-corrected chi connectivity index (χ2v) is 4.49. The Kier molecular flexibility index (Phi) is 3.06. The molecule has 2 heterocycles. The van der Waals surface area contributed by atoms with E-state index in [1.54, 1.807) is 6.07 Å². The van der Waals surface area contributed by atoms with Crippen LogP contribution in [-0.2, 0) is 9.53 Å². The summed E-state index contributed by atoms with van der Waals surface area (Å²) in [6, 6.07) is 9.20. The topological polar surface area (TPSA) is 81.3 Å². The van der Waals surface area contributed by atoms with E-state index in [1.807, 2.05) is 24.3 Å². The third-order valence-corrected chi connectivity index (χ3v) is 3.10. The SMILES string of the molecule is COC(=O)c1nc(OC(C)=O)cc2c1[nH]c1ccccc12. The smallest absolute Gasteiger partial charge is 0.359 e. The van der Waals surface area contributed by atoms with E-state index in [0.29, 0.717) is 5.52 Å². The highest BCUT2D eigenvalue weighted by molar-refractivity contribution is 6.13. The van der Waals surface area contributed by atoms with Gasteiger partial charge in [0.25, 0.3) is 0 Å². The quantitative estimate of drug-likeness (QED) is 0.731. The van der Waals surface area contributed by atoms with Gasteiger partial charge in [0.2, 0.25) is 5.88 Å². The molecular weight excluding hydrogens is 272 g/mol. The summed E-state index contributed by atoms with van der Waals surface area (Å²) in [4.78, 5) is 30.2. The number of pyridine rings is 1. The van der Waals surface area contributed by atoms with E-state index in [4.69, 9.17) is 9.47 Å². The summed E-state index contributed by atoms with van der Waals surface area (Å²) in [6.07, 6.45) is 0. The van der Waals surface area contributed by atoms with Crippen molar-refractivity contribution in [1.29, 1.82) is 0 Å². The van der Waals surface area contributed by atoms with Crippen LogP contribution >= 0.6 is 0 Å². The van der Waals surface area contributed by atoms with Gasteiger partial charge in [-0.05, 0) is 6.07 Å². The maximum atomic E-state index is 11.9. The number of para-hydroxylation sites is 1. The highest BCUT2D eigenvalue weighted by Gasteiger charge is 2.19. The van der Waals surface area contributed by atoms with Crippen molar-refractivity contribution in [3.05, 3.63) is 36.0 Å². The van der Waals surface area contributed by atoms with Crippen molar-refractivity contribution in [3.8, 4) is 5.88 Å². The molecule has 0 amide bonds. The summed E-state index contributed by atoms with van der Waals surface area (Å²) in [5, 5.41) is 1.66. The number of nitrogens with one attached hydrogen (secondary N) is 1. The lowest BCUT2D eigenvalue weighted by molar-refractivity contribution is -0.132. The molecule has 0 radical (unpaired) electrons. The zero-order chi connectivity index (χ0) is 15.0. The van der Waals surface area contributed by atoms with E-state index in [1.165, 1.54) is 14.0 Å². The van der Waals surface area contributed by atoms with E-state index < -0.39 is 11.9 Å². The Morgan fingerprint density at radius 1 is 1.19 bits per heavy atom. The third-order valence-electron chi connectivity index (χ3n) is 3.10. The van der Waals surface area contributed by atoms with Crippen LogP contribution in [0.1, 0.15) is 17.4 Å². The number of aromatic amines is 1. The molecule has 0 saturated carbocycles. The van der Waals surface area contributed by atoms with Crippen LogP contribution < -0.4 is 4.74 Å². The van der Waals surface area contributed by atoms with Gasteiger partial charge in [0.15, 0.2) is 5.69 Å². The van der Waals surface area contributed by atoms with E-state index in [-0.39, 0.29) is 11.6 Å². The fraction of sp³-hybridized carbons (Fsp3) is 0.133. The molecule has 0 fully saturated rings. The van der Waals surface area contributed by atoms with Crippen molar-refractivity contribution in [2.45, 2.75) is 6.92 Å². The molecule has 6 nitrogen and oxygen atoms in total. The lowest BCUT2D eigenvalue weighted by atomic mass is 10.1. The van der Waals surface area contributed by atoms with Crippen LogP contribution in [0.2, 0.25) is 0 Å². The first-order valence-electron chi connectivity index (χ1n) is 6.28. The van der Waals surface area contributed by atoms with E-state index >= 15 is 0 Å². The molecule has 2 aromatic heterocycles. The Morgan fingerprint density at radius 2 is 1.95 bits per heavy atom. The summed E-state index contributed by atoms with van der Waals surface area (Å²) in [6.45, 7) is 1.28. The molecule has 21 heavy (non-hydrogen) atoms. The number of nitrogens with zero attached hydrogens (tertiary/aromatic N) is 1. The van der Waals surface area contributed by atoms with E-state index in [2.05, 4.69) is 9.97 Å². The van der Waals surface area contributed by atoms with Gasteiger partial charge in [0.1, 0.15) is 0 Å². The molecule has 6 heteroatoms. The Morgan fingerprint density at radius 3 is 2.67 bits per heavy atom. The van der Waals surface area contributed by atoms with Crippen LogP contribution in [0.25, 0.3) is 21.8 Å². The predicted molar refractivity (Wildman–Crippen MR) is 76.2 cm³/mol. The zero-order valence-electron chi connectivity index (χ0n) is 11.5. The average molecular weight is 284 g/mol. The summed E-state index contributed by atoms with van der Waals surface area (Å²) in [5.74, 6) is -1.03. The van der Waals surface area contributed by atoms with Gasteiger partial charge >= 0.3 is 11.9 Å². The number of esters is 2. The summed E-state index contributed by atoms with van der Waals surface area (Å²) in [5.41, 5.74) is 1.50. The second kappa shape index (κ2) is 4.90. The molecule has 1 N–H and O–H groups in total. The van der Waals surface area contributed by atoms with Crippen molar-refractivity contribution in [1.82, 2.24) is 9.97 Å². The number of rotatable bonds is 2. The van der Waals surface area contributed by atoms with Gasteiger partial charge < -0.3 is 14.5 Å². The van der Waals surface area contributed by atoms with Crippen LogP contribution in [0.3, 0.4) is 0 Å². The van der Waals surface area contributed by atoms with Gasteiger partial charge in [-0.2, -0.15) is 0 Å². The highest BCUT2D eigenvalue weighted by Crippen LogP contribution is 2.30. The number of H-pyrrole nitrogens is 1. The Labute approximate surface area is 119 Å². The fourth-order valence-electron chi connectivity index (χ4n) is 2.27. The van der Waals surface area contributed by atoms with Gasteiger partial charge in [-0.3, -0.25) is 4.79 Å². The number of methoxy groups -OCH3 is 1. The largest absolute Gasteiger partial charge is 0.464 e. The summed E-state index contributed by atoms with van der Waals surface area (Å²) >= 11 is 0. The number of hydrogen-bond donors (Lipinski definition) is 1. The van der Waals surface area contributed by atoms with Crippen LogP contribution in [0.15, 0.2) is 30.3 Å². The van der Waals surface area contributed by atoms with Gasteiger partial charge in [-0.15, -0.1) is 0 Å². The first-order valence-corrected chi connectivity index (χ1v) is 6.28. The highest BCUT2D eigenvalue weighted by atomic mass is 16.5. The Balaban J connectivity index is 2.36. The van der Waals surface area contributed by atoms with Crippen molar-refractivity contribution in [3.63, 3.8) is 0 Å². The minimum absolute atomic E-state index is 0.0696. The third kappa shape index (κ3) is 2.20. The van der Waals surface area contributed by atoms with Crippen LogP contribution in [0.4, 0.5) is 0 Å². The number of ether oxygens (including phenoxy) is 2. The molecule has 0 aliphatic heterocycles. The monoisotopic (exact) mass is 284 g/mol. The molecule has 0 atom stereocenters. The maximum absolute atomic E-state index is 11.9. The van der Waals surface area contributed by atoms with E-state index in [0.717, 1.165) is 16.3 Å². The van der Waals surface area contributed by atoms with Crippen molar-refractivity contribution < 1.29 is 19.1 Å². The Hall–Kier alpha value is -2.89. The second-order valence-electron chi connectivity index (χ2n) is 4.49. The molecule has 0 aliphatic rings. The first kappa shape index (κ1) is 13.1. The summed E-state index contributed by atoms with van der Waals surface area (Å²) in [7, 11) is 1.27. The fourth-order valence-corrected chi connectivity index (χ4v) is 2.27. The minimum atomic E-state index is -0.597. The van der Waals surface area contributed by atoms with Gasteiger partial charge in [0, 0.05) is 29.3 Å². The lowest BCUT2D eigenvalue weighted by Crippen LogP contribution is -2.09. The number of hydrogen-bond acceptors (Lipinski definition) is 5. The molecular formula is C15H12N2O4. The van der Waals surface area contributed by atoms with Crippen molar-refractivity contribution in [2.75, 3.05) is 7.11 Å². The number of aromatic nitrogens is 2. The molecule has 0 aliphatic carbocycles. The average Bonchev–Trinajstić information content (AvgIpc) is 2.84. The zero-order valence-corrected chi connectivity index (χ0v) is 11.5. The van der Waals surface area contributed by atoms with Crippen LogP contribution in [-0.4, -0.2) is 29.0 Å². The lowest BCUT2D eigenvalue weighted by Gasteiger charge is -2.04. The molecule has 0 unspecified atom stereocenters. The van der Waals surface area contributed by atoms with Gasteiger partial charge in [0.05, 0.1) is 12.6 Å². The molecule has 106 valence electrons. The van der Waals surface area contributed by atoms with Crippen molar-refractivity contribution >= 4 is 33.7 Å². The predicted octanol–water partition coefficient (Wildman–Crippen LogP) is 2.43. The van der Waals surface area contributed by atoms with Gasteiger partial charge in [-0.1, -0.05) is 18.2 Å². The van der Waals surface area contributed by atoms with Gasteiger partial charge in [-0.25, -0.2) is 9.78 Å². The van der Waals surface area contributed by atoms with Crippen molar-refractivity contribution in [2.24, 2.45) is 0 Å². The molecule has 0 bridgehead atoms. The number of carbonyl (C=O) groups is 2. The molecule has 3 aromatic rings.